The molecule has 2 saturated heterocycles. The van der Waals surface area contributed by atoms with Gasteiger partial charge >= 0.3 is 5.69 Å². The van der Waals surface area contributed by atoms with Crippen molar-refractivity contribution in [1.82, 2.24) is 39.6 Å². The van der Waals surface area contributed by atoms with Gasteiger partial charge in [0, 0.05) is 44.0 Å². The number of methoxy groups -OCH3 is 1. The van der Waals surface area contributed by atoms with Gasteiger partial charge in [0.25, 0.3) is 5.91 Å². The normalized spacial score (nSPS) is 13.7. The molecule has 258 valence electrons. The van der Waals surface area contributed by atoms with Crippen LogP contribution in [0.3, 0.4) is 0 Å². The van der Waals surface area contributed by atoms with E-state index in [-0.39, 0.29) is 48.3 Å². The molecule has 0 aliphatic carbocycles. The number of nitro groups is 1. The van der Waals surface area contributed by atoms with Crippen molar-refractivity contribution in [3.8, 4) is 11.5 Å². The molecule has 1 aromatic heterocycles. The molecule has 0 spiro atoms. The lowest BCUT2D eigenvalue weighted by Crippen LogP contribution is -2.34. The fraction of sp³-hybridized carbons (Fsp3) is 0.407. The monoisotopic (exact) mass is 660 g/mol. The lowest BCUT2D eigenvalue weighted by Gasteiger charge is -2.30. The molecule has 3 aromatic rings. The fourth-order valence-electron chi connectivity index (χ4n) is 4.92. The Balaban J connectivity index is -0.000000717. The van der Waals surface area contributed by atoms with Crippen LogP contribution in [0.2, 0.25) is 0 Å². The number of hydrogen-bond acceptors (Lipinski definition) is 15. The maximum absolute atomic E-state index is 13.1. The molecular formula is C27H53ClN12O5. The summed E-state index contributed by atoms with van der Waals surface area (Å²) in [4.78, 5) is 42.2. The van der Waals surface area contributed by atoms with E-state index in [1.807, 2.05) is 0 Å². The van der Waals surface area contributed by atoms with E-state index >= 15 is 0 Å². The summed E-state index contributed by atoms with van der Waals surface area (Å²) in [5, 5.41) is 27.5. The molecule has 0 radical (unpaired) electrons. The molecule has 2 aromatic carbocycles. The number of nitrogens with zero attached hydrogens (tertiary/aromatic N) is 6. The number of piperidine rings is 2. The largest absolute Gasteiger partial charge is 0.502 e. The zero-order valence-electron chi connectivity index (χ0n) is 25.5. The highest BCUT2D eigenvalue weighted by atomic mass is 35.5. The van der Waals surface area contributed by atoms with Crippen LogP contribution in [0.1, 0.15) is 54.6 Å². The van der Waals surface area contributed by atoms with Gasteiger partial charge < -0.3 is 54.9 Å². The number of para-hydroxylation sites is 1. The molecule has 2 aliphatic rings. The average molecular weight is 661 g/mol. The van der Waals surface area contributed by atoms with Crippen LogP contribution in [-0.2, 0) is 0 Å². The van der Waals surface area contributed by atoms with Gasteiger partial charge in [-0.1, -0.05) is 6.07 Å². The van der Waals surface area contributed by atoms with Gasteiger partial charge in [0.2, 0.25) is 23.6 Å². The molecule has 0 bridgehead atoms. The molecule has 0 atom stereocenters. The zero-order valence-corrected chi connectivity index (χ0v) is 26.4. The van der Waals surface area contributed by atoms with E-state index in [4.69, 9.17) is 19.7 Å². The van der Waals surface area contributed by atoms with Crippen LogP contribution in [0.25, 0.3) is 0 Å². The van der Waals surface area contributed by atoms with Crippen molar-refractivity contribution in [2.24, 2.45) is 0 Å². The number of benzene rings is 2. The van der Waals surface area contributed by atoms with Crippen LogP contribution in [-0.4, -0.2) is 64.2 Å². The van der Waals surface area contributed by atoms with Gasteiger partial charge in [0.15, 0.2) is 0 Å². The summed E-state index contributed by atoms with van der Waals surface area (Å²) in [6, 6.07) is 8.82. The standard InChI is InChI=1S/C27H32N8O5.ClH.4H3N.4H2/c1-40-18-11-12-20(21(17-18)28-24(37)19-9-8-10-22(23(19)36)35(38)39)29-25-30-26(33-13-4-2-5-14-33)32-27(31-25)34-15-6-3-7-16-34;;;;;;;;;/h8-12,17,36H,2-7,13-16H2,1H3,(H,28,37)(H,29,30,31,32);1H;4*1H3;4*1H. The van der Waals surface area contributed by atoms with E-state index in [0.29, 0.717) is 35.0 Å². The number of phenols is 1. The minimum Gasteiger partial charge on any atom is -0.502 e. The van der Waals surface area contributed by atoms with Gasteiger partial charge in [-0.2, -0.15) is 15.0 Å². The van der Waals surface area contributed by atoms with Gasteiger partial charge in [-0.25, -0.2) is 0 Å². The second kappa shape index (κ2) is 18.3. The van der Waals surface area contributed by atoms with Crippen LogP contribution in [0, 0.1) is 10.1 Å². The van der Waals surface area contributed by atoms with E-state index in [9.17, 15) is 20.0 Å². The van der Waals surface area contributed by atoms with Crippen molar-refractivity contribution < 1.29 is 25.3 Å². The van der Waals surface area contributed by atoms with Crippen molar-refractivity contribution in [2.75, 3.05) is 53.7 Å². The Morgan fingerprint density at radius 1 is 0.889 bits per heavy atom. The molecule has 2 aliphatic heterocycles. The number of ether oxygens (including phenoxy) is 1. The summed E-state index contributed by atoms with van der Waals surface area (Å²) in [6.45, 7) is 3.50. The smallest absolute Gasteiger partial charge is 0.311 e. The summed E-state index contributed by atoms with van der Waals surface area (Å²) in [7, 11) is 1.50. The van der Waals surface area contributed by atoms with Crippen LogP contribution >= 0.6 is 12.4 Å². The molecule has 3 heterocycles. The Morgan fingerprint density at radius 2 is 1.44 bits per heavy atom. The summed E-state index contributed by atoms with van der Waals surface area (Å²) in [5.41, 5.74) is -0.00520. The lowest BCUT2D eigenvalue weighted by molar-refractivity contribution is -0.385. The number of nitrogens with one attached hydrogen (secondary N) is 2. The van der Waals surface area contributed by atoms with Crippen molar-refractivity contribution in [3.05, 3.63) is 52.1 Å². The Bertz CT molecular complexity index is 1390. The van der Waals surface area contributed by atoms with E-state index in [2.05, 4.69) is 20.4 Å². The third-order valence-corrected chi connectivity index (χ3v) is 7.07. The second-order valence-electron chi connectivity index (χ2n) is 9.78. The van der Waals surface area contributed by atoms with Crippen molar-refractivity contribution in [3.63, 3.8) is 0 Å². The van der Waals surface area contributed by atoms with Gasteiger partial charge in [-0.05, 0) is 56.7 Å². The number of carbonyl (C=O) groups is 1. The molecule has 45 heavy (non-hydrogen) atoms. The second-order valence-corrected chi connectivity index (χ2v) is 9.78. The SMILES string of the molecule is COc1ccc(Nc2nc(N3CCCCC3)nc(N3CCCCC3)n2)c(NC(=O)c2cccc([N+](=O)[O-])c2O)c1.Cl.N.N.N.N.[HH].[HH].[HH].[HH]. The van der Waals surface area contributed by atoms with E-state index in [0.717, 1.165) is 57.9 Å². The van der Waals surface area contributed by atoms with Crippen molar-refractivity contribution in [2.45, 2.75) is 38.5 Å². The predicted octanol–water partition coefficient (Wildman–Crippen LogP) is 6.52. The first-order valence-electron chi connectivity index (χ1n) is 13.4. The number of hydrogen-bond donors (Lipinski definition) is 7. The maximum atomic E-state index is 13.1. The molecule has 1 amide bonds. The predicted molar refractivity (Wildman–Crippen MR) is 187 cm³/mol. The third-order valence-electron chi connectivity index (χ3n) is 7.07. The molecule has 0 saturated carbocycles. The summed E-state index contributed by atoms with van der Waals surface area (Å²) in [6.07, 6.45) is 6.67. The molecule has 15 N–H and O–H groups in total. The Morgan fingerprint density at radius 3 is 1.96 bits per heavy atom. The van der Waals surface area contributed by atoms with Crippen molar-refractivity contribution >= 4 is 53.2 Å². The highest BCUT2D eigenvalue weighted by Crippen LogP contribution is 2.33. The van der Waals surface area contributed by atoms with Crippen molar-refractivity contribution in [1.29, 1.82) is 0 Å². The molecular weight excluding hydrogens is 608 g/mol. The highest BCUT2D eigenvalue weighted by molar-refractivity contribution is 6.08. The molecule has 18 heteroatoms. The third kappa shape index (κ3) is 9.47. The van der Waals surface area contributed by atoms with Crippen LogP contribution in [0.5, 0.6) is 11.5 Å². The maximum Gasteiger partial charge on any atom is 0.311 e. The number of anilines is 5. The van der Waals surface area contributed by atoms with Gasteiger partial charge in [0.05, 0.1) is 29.0 Å². The van der Waals surface area contributed by atoms with Gasteiger partial charge in [-0.3, -0.25) is 14.9 Å². The topological polar surface area (TPSA) is 299 Å². The van der Waals surface area contributed by atoms with Crippen LogP contribution in [0.15, 0.2) is 36.4 Å². The quantitative estimate of drug-likeness (QED) is 0.0997. The first kappa shape index (κ1) is 40.5. The minimum atomic E-state index is -0.745. The summed E-state index contributed by atoms with van der Waals surface area (Å²) in [5.74, 6) is 0.586. The van der Waals surface area contributed by atoms with E-state index in [1.165, 1.54) is 32.1 Å². The van der Waals surface area contributed by atoms with Gasteiger partial charge in [0.1, 0.15) is 5.75 Å². The molecule has 5 rings (SSSR count). The molecule has 17 nitrogen and oxygen atoms in total. The Kier molecular flexibility index (Phi) is 16.5. The average Bonchev–Trinajstić information content (AvgIpc) is 2.98. The Hall–Kier alpha value is -4.55. The molecule has 2 fully saturated rings. The lowest BCUT2D eigenvalue weighted by atomic mass is 10.1. The number of amides is 1. The number of nitro benzene ring substituents is 1. The van der Waals surface area contributed by atoms with E-state index < -0.39 is 22.3 Å². The highest BCUT2D eigenvalue weighted by Gasteiger charge is 2.23. The number of aromatic nitrogens is 3. The van der Waals surface area contributed by atoms with Crippen LogP contribution < -0.4 is 49.8 Å². The fourth-order valence-corrected chi connectivity index (χ4v) is 4.92. The number of halogens is 1. The first-order chi connectivity index (χ1) is 19.4. The van der Waals surface area contributed by atoms with Crippen LogP contribution in [0.4, 0.5) is 34.9 Å². The minimum absolute atomic E-state index is 0. The summed E-state index contributed by atoms with van der Waals surface area (Å²) >= 11 is 0. The van der Waals surface area contributed by atoms with E-state index in [1.54, 1.807) is 18.2 Å². The number of rotatable bonds is 8. The summed E-state index contributed by atoms with van der Waals surface area (Å²) < 4.78 is 5.35. The Labute approximate surface area is 274 Å². The zero-order chi connectivity index (χ0) is 28.1. The number of phenolic OH excluding ortho intramolecular Hbond substituents is 1. The van der Waals surface area contributed by atoms with Gasteiger partial charge in [-0.15, -0.1) is 12.4 Å². The molecule has 0 unspecified atom stereocenters. The number of aromatic hydroxyl groups is 1. The number of carbonyl (C=O) groups excluding carboxylic acids is 1. The first-order valence-corrected chi connectivity index (χ1v) is 13.4.